The van der Waals surface area contributed by atoms with Crippen LogP contribution in [0.15, 0.2) is 11.6 Å². The van der Waals surface area contributed by atoms with E-state index >= 15 is 0 Å². The first kappa shape index (κ1) is 22.7. The number of carbonyl (C=O) groups excluding carboxylic acids is 3. The molecule has 34 heavy (non-hydrogen) atoms. The van der Waals surface area contributed by atoms with Gasteiger partial charge in [0.2, 0.25) is 0 Å². The molecule has 6 aliphatic rings. The fourth-order valence-corrected chi connectivity index (χ4v) is 9.49. The Bertz CT molecular complexity index is 1020. The quantitative estimate of drug-likeness (QED) is 0.479. The first-order valence-electron chi connectivity index (χ1n) is 12.6. The molecule has 1 N–H and O–H groups in total. The van der Waals surface area contributed by atoms with Gasteiger partial charge < -0.3 is 9.84 Å². The third kappa shape index (κ3) is 2.86. The Labute approximate surface area is 196 Å². The molecule has 3 unspecified atom stereocenters. The number of halogens is 3. The van der Waals surface area contributed by atoms with Gasteiger partial charge in [-0.1, -0.05) is 19.4 Å². The Morgan fingerprint density at radius 2 is 1.88 bits per heavy atom. The third-order valence-corrected chi connectivity index (χ3v) is 11.1. The van der Waals surface area contributed by atoms with Crippen LogP contribution in [-0.2, 0) is 19.1 Å². The molecule has 0 amide bonds. The lowest BCUT2D eigenvalue weighted by molar-refractivity contribution is -0.202. The van der Waals surface area contributed by atoms with Gasteiger partial charge in [0.1, 0.15) is 0 Å². The number of esters is 2. The molecule has 5 nitrogen and oxygen atoms in total. The van der Waals surface area contributed by atoms with Gasteiger partial charge in [-0.3, -0.25) is 9.59 Å². The maximum Gasteiger partial charge on any atom is 0.491 e. The van der Waals surface area contributed by atoms with Crippen molar-refractivity contribution in [1.29, 1.82) is 0 Å². The van der Waals surface area contributed by atoms with Gasteiger partial charge in [0.15, 0.2) is 5.78 Å². The summed E-state index contributed by atoms with van der Waals surface area (Å²) in [5, 5.41) is 11.9. The van der Waals surface area contributed by atoms with Crippen molar-refractivity contribution in [2.75, 3.05) is 0 Å². The number of carbonyl (C=O) groups is 3. The van der Waals surface area contributed by atoms with Gasteiger partial charge in [-0.15, -0.1) is 0 Å². The van der Waals surface area contributed by atoms with Crippen molar-refractivity contribution in [3.63, 3.8) is 0 Å². The van der Waals surface area contributed by atoms with Crippen LogP contribution in [0.4, 0.5) is 13.2 Å². The second-order valence-corrected chi connectivity index (χ2v) is 12.3. The van der Waals surface area contributed by atoms with Crippen LogP contribution in [0, 0.1) is 52.3 Å². The molecule has 6 rings (SSSR count). The summed E-state index contributed by atoms with van der Waals surface area (Å²) in [6, 6.07) is 0. The number of fused-ring (bicyclic) bond motifs is 10. The summed E-state index contributed by atoms with van der Waals surface area (Å²) in [6.45, 7) is 4.45. The average molecular weight is 481 g/mol. The van der Waals surface area contributed by atoms with Crippen molar-refractivity contribution < 1.29 is 37.4 Å². The molecule has 6 aliphatic carbocycles. The van der Waals surface area contributed by atoms with E-state index < -0.39 is 35.6 Å². The molecule has 0 aromatic rings. The number of ketones is 1. The van der Waals surface area contributed by atoms with E-state index in [1.165, 1.54) is 5.57 Å². The molecule has 8 heteroatoms. The van der Waals surface area contributed by atoms with E-state index in [1.807, 2.05) is 6.08 Å². The Morgan fingerprint density at radius 1 is 1.15 bits per heavy atom. The van der Waals surface area contributed by atoms with Crippen LogP contribution in [0.5, 0.6) is 0 Å². The maximum absolute atomic E-state index is 12.4. The highest BCUT2D eigenvalue weighted by Gasteiger charge is 2.78. The third-order valence-electron chi connectivity index (χ3n) is 11.1. The summed E-state index contributed by atoms with van der Waals surface area (Å²) in [5.41, 5.74) is -0.163. The van der Waals surface area contributed by atoms with Crippen LogP contribution in [-0.4, -0.2) is 34.6 Å². The molecule has 0 radical (unpaired) electrons. The summed E-state index contributed by atoms with van der Waals surface area (Å²) < 4.78 is 41.3. The van der Waals surface area contributed by atoms with Gasteiger partial charge in [-0.2, -0.15) is 13.2 Å². The normalized spacial score (nSPS) is 50.1. The van der Waals surface area contributed by atoms with Gasteiger partial charge >= 0.3 is 18.1 Å². The van der Waals surface area contributed by atoms with Crippen molar-refractivity contribution in [3.05, 3.63) is 11.6 Å². The van der Waals surface area contributed by atoms with Crippen LogP contribution in [0.25, 0.3) is 0 Å². The van der Waals surface area contributed by atoms with Crippen LogP contribution in [0.2, 0.25) is 0 Å². The predicted molar refractivity (Wildman–Crippen MR) is 113 cm³/mol. The second kappa shape index (κ2) is 6.74. The van der Waals surface area contributed by atoms with Crippen LogP contribution in [0.3, 0.4) is 0 Å². The maximum atomic E-state index is 12.4. The van der Waals surface area contributed by atoms with E-state index in [0.29, 0.717) is 41.9 Å². The lowest BCUT2D eigenvalue weighted by Crippen LogP contribution is -2.57. The highest BCUT2D eigenvalue weighted by atomic mass is 19.4. The van der Waals surface area contributed by atoms with Gasteiger partial charge in [0.05, 0.1) is 5.60 Å². The number of aliphatic hydroxyl groups is 1. The van der Waals surface area contributed by atoms with Crippen molar-refractivity contribution in [2.24, 2.45) is 52.3 Å². The lowest BCUT2D eigenvalue weighted by Gasteiger charge is -2.60. The van der Waals surface area contributed by atoms with Crippen molar-refractivity contribution in [2.45, 2.75) is 77.0 Å². The largest absolute Gasteiger partial charge is 0.491 e. The molecule has 0 heterocycles. The van der Waals surface area contributed by atoms with Crippen LogP contribution >= 0.6 is 0 Å². The Morgan fingerprint density at radius 3 is 2.59 bits per heavy atom. The van der Waals surface area contributed by atoms with Crippen LogP contribution < -0.4 is 0 Å². The zero-order chi connectivity index (χ0) is 24.4. The van der Waals surface area contributed by atoms with Crippen LogP contribution in [0.1, 0.15) is 65.2 Å². The Balaban J connectivity index is 1.24. The van der Waals surface area contributed by atoms with Crippen molar-refractivity contribution in [3.8, 4) is 0 Å². The number of hydrogen-bond acceptors (Lipinski definition) is 5. The van der Waals surface area contributed by atoms with E-state index in [4.69, 9.17) is 0 Å². The highest BCUT2D eigenvalue weighted by molar-refractivity contribution is 5.92. The summed E-state index contributed by atoms with van der Waals surface area (Å²) in [6.07, 6.45) is 1.54. The topological polar surface area (TPSA) is 80.7 Å². The molecule has 0 aromatic heterocycles. The zero-order valence-electron chi connectivity index (χ0n) is 19.5. The number of ether oxygens (including phenoxy) is 1. The Hall–Kier alpha value is -1.70. The van der Waals surface area contributed by atoms with E-state index in [9.17, 15) is 32.7 Å². The van der Waals surface area contributed by atoms with Crippen molar-refractivity contribution in [1.82, 2.24) is 0 Å². The second-order valence-electron chi connectivity index (χ2n) is 12.3. The molecule has 186 valence electrons. The summed E-state index contributed by atoms with van der Waals surface area (Å²) in [7, 11) is 0. The number of rotatable bonds is 3. The monoisotopic (exact) mass is 480 g/mol. The van der Waals surface area contributed by atoms with E-state index in [-0.39, 0.29) is 23.5 Å². The fourth-order valence-electron chi connectivity index (χ4n) is 9.49. The molecular formula is C26H31F3O5. The molecule has 10 atom stereocenters. The van der Waals surface area contributed by atoms with E-state index in [2.05, 4.69) is 18.6 Å². The first-order chi connectivity index (χ1) is 15.8. The minimum atomic E-state index is -5.22. The molecule has 0 saturated heterocycles. The standard InChI is InChI=1S/C26H31F3O5/c1-23-6-3-12(30)9-17(23)13-10-14(13)20-16(23)4-7-24(2)21(20)15-11-18(15)25(24,33)8-5-19(31)34-22(32)26(27,28)29/h9,13-16,18,20-21,33H,3-8,10-11H2,1-2H3/t13-,14+,15-,16?,18+,20?,21?,23-,24+,25+/m1/s1. The molecule has 0 spiro atoms. The van der Waals surface area contributed by atoms with E-state index in [1.54, 1.807) is 0 Å². The number of allylic oxidation sites excluding steroid dienone is 1. The molecule has 0 aromatic carbocycles. The Kier molecular flexibility index (Phi) is 4.51. The van der Waals surface area contributed by atoms with E-state index in [0.717, 1.165) is 32.1 Å². The van der Waals surface area contributed by atoms with Gasteiger partial charge in [-0.25, -0.2) is 4.79 Å². The number of hydrogen-bond donors (Lipinski definition) is 1. The molecule has 0 aliphatic heterocycles. The van der Waals surface area contributed by atoms with Gasteiger partial charge in [0.25, 0.3) is 0 Å². The predicted octanol–water partition coefficient (Wildman–Crippen LogP) is 4.37. The smallest absolute Gasteiger partial charge is 0.389 e. The average Bonchev–Trinajstić information content (AvgIpc) is 3.65. The van der Waals surface area contributed by atoms with Gasteiger partial charge in [0, 0.05) is 12.8 Å². The summed E-state index contributed by atoms with van der Waals surface area (Å²) in [4.78, 5) is 35.2. The molecule has 5 fully saturated rings. The summed E-state index contributed by atoms with van der Waals surface area (Å²) >= 11 is 0. The number of alkyl halides is 3. The lowest BCUT2D eigenvalue weighted by atomic mass is 9.45. The molecule has 5 saturated carbocycles. The summed E-state index contributed by atoms with van der Waals surface area (Å²) in [5.74, 6) is -0.805. The fraction of sp³-hybridized carbons (Fsp3) is 0.808. The minimum absolute atomic E-state index is 0.0214. The first-order valence-corrected chi connectivity index (χ1v) is 12.6. The molecular weight excluding hydrogens is 449 g/mol. The highest BCUT2D eigenvalue weighted by Crippen LogP contribution is 2.81. The SMILES string of the molecule is C[C@]12CCC(=O)C=C1[C@@H]1C[C@@H]1C1C2CC[C@@]2(C)C1[C@@H]1C[C@@H]1[C@@]2(O)CCC(=O)OC(=O)C(F)(F)F. The molecule has 0 bridgehead atoms. The van der Waals surface area contributed by atoms with Gasteiger partial charge in [-0.05, 0) is 96.9 Å². The van der Waals surface area contributed by atoms with Crippen molar-refractivity contribution >= 4 is 17.7 Å². The zero-order valence-corrected chi connectivity index (χ0v) is 19.5. The minimum Gasteiger partial charge on any atom is -0.389 e.